The Bertz CT molecular complexity index is 250. The Hall–Kier alpha value is -0.693. The van der Waals surface area contributed by atoms with Crippen LogP contribution >= 0.6 is 0 Å². The van der Waals surface area contributed by atoms with Gasteiger partial charge in [0, 0.05) is 19.8 Å². The Labute approximate surface area is 104 Å². The second-order valence-electron chi connectivity index (χ2n) is 3.88. The molecule has 5 nitrogen and oxygen atoms in total. The van der Waals surface area contributed by atoms with Gasteiger partial charge in [0.25, 0.3) is 0 Å². The average molecular weight is 262 g/mol. The van der Waals surface area contributed by atoms with Gasteiger partial charge >= 0.3 is 14.5 Å². The zero-order chi connectivity index (χ0) is 13.3. The zero-order valence-electron chi connectivity index (χ0n) is 11.1. The molecule has 0 radical (unpaired) electrons. The van der Waals surface area contributed by atoms with E-state index in [0.717, 1.165) is 12.5 Å². The molecule has 0 rings (SSSR count). The van der Waals surface area contributed by atoms with Crippen LogP contribution < -0.4 is 0 Å². The molecule has 0 aliphatic carbocycles. The van der Waals surface area contributed by atoms with Gasteiger partial charge in [0.05, 0.1) is 6.61 Å². The number of rotatable bonds is 9. The molecule has 0 N–H and O–H groups in total. The highest BCUT2D eigenvalue weighted by molar-refractivity contribution is 6.65. The quantitative estimate of drug-likeness (QED) is 0.209. The minimum atomic E-state index is -2.00. The van der Waals surface area contributed by atoms with E-state index in [1.54, 1.807) is 21.1 Å². The number of ether oxygens (including phenoxy) is 2. The highest BCUT2D eigenvalue weighted by Gasteiger charge is 2.27. The molecule has 0 aromatic heterocycles. The normalized spacial score (nSPS) is 11.3. The average Bonchev–Trinajstić information content (AvgIpc) is 2.32. The summed E-state index contributed by atoms with van der Waals surface area (Å²) in [7, 11) is 1.32. The number of hydrogen-bond acceptors (Lipinski definition) is 5. The van der Waals surface area contributed by atoms with Crippen LogP contribution in [0.3, 0.4) is 0 Å². The maximum Gasteiger partial charge on any atom is 0.335 e. The molecule has 0 atom stereocenters. The molecule has 0 aromatic carbocycles. The van der Waals surface area contributed by atoms with E-state index in [1.165, 1.54) is 0 Å². The number of carbonyl (C=O) groups is 1. The summed E-state index contributed by atoms with van der Waals surface area (Å²) in [5.41, 5.74) is 0.368. The second kappa shape index (κ2) is 8.41. The van der Waals surface area contributed by atoms with Gasteiger partial charge in [-0.15, -0.1) is 0 Å². The fraction of sp³-hybridized carbons (Fsp3) is 0.727. The molecule has 0 aliphatic rings. The van der Waals surface area contributed by atoms with Crippen molar-refractivity contribution >= 4 is 14.5 Å². The van der Waals surface area contributed by atoms with Gasteiger partial charge in [0.1, 0.15) is 0 Å². The lowest BCUT2D eigenvalue weighted by Crippen LogP contribution is -2.36. The Balaban J connectivity index is 3.53. The molecule has 0 unspecified atom stereocenters. The number of carbonyl (C=O) groups excluding carboxylic acids is 1. The van der Waals surface area contributed by atoms with Gasteiger partial charge < -0.3 is 18.3 Å². The van der Waals surface area contributed by atoms with Crippen molar-refractivity contribution in [1.82, 2.24) is 0 Å². The third-order valence-corrected chi connectivity index (χ3v) is 5.39. The summed E-state index contributed by atoms with van der Waals surface area (Å²) in [4.78, 5) is 11.0. The van der Waals surface area contributed by atoms with Crippen LogP contribution in [0.1, 0.15) is 13.3 Å². The predicted molar refractivity (Wildman–Crippen MR) is 66.8 cm³/mol. The van der Waals surface area contributed by atoms with E-state index in [-0.39, 0.29) is 6.79 Å². The molecule has 0 fully saturated rings. The molecular formula is C11H22O5Si. The lowest BCUT2D eigenvalue weighted by molar-refractivity contribution is -0.151. The van der Waals surface area contributed by atoms with Crippen LogP contribution in [0.15, 0.2) is 12.2 Å². The molecule has 0 saturated heterocycles. The van der Waals surface area contributed by atoms with Crippen LogP contribution in [0.2, 0.25) is 12.6 Å². The summed E-state index contributed by atoms with van der Waals surface area (Å²) in [5.74, 6) is -0.432. The monoisotopic (exact) mass is 262 g/mol. The molecule has 0 bridgehead atoms. The summed E-state index contributed by atoms with van der Waals surface area (Å²) in [6.45, 7) is 7.53. The third-order valence-electron chi connectivity index (χ3n) is 2.40. The molecule has 100 valence electrons. The maximum absolute atomic E-state index is 11.0. The summed E-state index contributed by atoms with van der Waals surface area (Å²) < 4.78 is 20.6. The highest BCUT2D eigenvalue weighted by atomic mass is 28.4. The van der Waals surface area contributed by atoms with E-state index >= 15 is 0 Å². The van der Waals surface area contributed by atoms with Crippen molar-refractivity contribution in [3.8, 4) is 0 Å². The van der Waals surface area contributed by atoms with Gasteiger partial charge in [-0.1, -0.05) is 6.58 Å². The molecule has 17 heavy (non-hydrogen) atoms. The van der Waals surface area contributed by atoms with Crippen LogP contribution in [0.25, 0.3) is 0 Å². The van der Waals surface area contributed by atoms with Gasteiger partial charge in [-0.2, -0.15) is 0 Å². The first kappa shape index (κ1) is 16.3. The molecule has 0 amide bonds. The fourth-order valence-corrected chi connectivity index (χ4v) is 2.42. The van der Waals surface area contributed by atoms with Gasteiger partial charge in [-0.25, -0.2) is 4.79 Å². The maximum atomic E-state index is 11.0. The lowest BCUT2D eigenvalue weighted by atomic mass is 10.4. The van der Waals surface area contributed by atoms with Crippen molar-refractivity contribution in [2.75, 3.05) is 27.6 Å². The van der Waals surface area contributed by atoms with Gasteiger partial charge in [-0.3, -0.25) is 0 Å². The smallest absolute Gasteiger partial charge is 0.335 e. The van der Waals surface area contributed by atoms with E-state index in [1.807, 2.05) is 6.55 Å². The molecule has 0 aromatic rings. The van der Waals surface area contributed by atoms with Gasteiger partial charge in [-0.05, 0) is 25.9 Å². The van der Waals surface area contributed by atoms with Crippen molar-refractivity contribution in [2.45, 2.75) is 25.9 Å². The minimum absolute atomic E-state index is 0.0378. The summed E-state index contributed by atoms with van der Waals surface area (Å²) in [6, 6.07) is 0.842. The largest absolute Gasteiger partial charge is 0.435 e. The Morgan fingerprint density at radius 2 is 1.88 bits per heavy atom. The van der Waals surface area contributed by atoms with E-state index < -0.39 is 14.5 Å². The van der Waals surface area contributed by atoms with Crippen molar-refractivity contribution in [3.05, 3.63) is 12.2 Å². The number of hydrogen-bond donors (Lipinski definition) is 0. The molecule has 0 heterocycles. The SMILES string of the molecule is C=C(C)C(=O)OCOCCC[Si](C)(OC)OC. The minimum Gasteiger partial charge on any atom is -0.435 e. The lowest BCUT2D eigenvalue weighted by Gasteiger charge is -2.22. The van der Waals surface area contributed by atoms with E-state index in [0.29, 0.717) is 12.2 Å². The Morgan fingerprint density at radius 3 is 2.35 bits per heavy atom. The topological polar surface area (TPSA) is 54.0 Å². The van der Waals surface area contributed by atoms with Crippen LogP contribution in [0.5, 0.6) is 0 Å². The molecule has 0 spiro atoms. The first-order valence-corrected chi connectivity index (χ1v) is 7.98. The fourth-order valence-electron chi connectivity index (χ4n) is 1.06. The van der Waals surface area contributed by atoms with Crippen LogP contribution in [-0.4, -0.2) is 42.1 Å². The molecule has 0 aliphatic heterocycles. The zero-order valence-corrected chi connectivity index (χ0v) is 12.1. The van der Waals surface area contributed by atoms with Crippen molar-refractivity contribution in [1.29, 1.82) is 0 Å². The van der Waals surface area contributed by atoms with E-state index in [2.05, 4.69) is 6.58 Å². The second-order valence-corrected chi connectivity index (χ2v) is 7.47. The third kappa shape index (κ3) is 7.27. The first-order chi connectivity index (χ1) is 7.95. The van der Waals surface area contributed by atoms with Crippen molar-refractivity contribution in [3.63, 3.8) is 0 Å². The number of esters is 1. The molecule has 0 saturated carbocycles. The van der Waals surface area contributed by atoms with E-state index in [4.69, 9.17) is 18.3 Å². The molecular weight excluding hydrogens is 240 g/mol. The van der Waals surface area contributed by atoms with E-state index in [9.17, 15) is 4.79 Å². The Kier molecular flexibility index (Phi) is 8.06. The molecule has 6 heteroatoms. The standard InChI is InChI=1S/C11H22O5Si/c1-10(2)11(12)16-9-15-7-6-8-17(5,13-3)14-4/h1,6-9H2,2-5H3. The summed E-state index contributed by atoms with van der Waals surface area (Å²) >= 11 is 0. The van der Waals surface area contributed by atoms with Crippen molar-refractivity contribution < 1.29 is 23.1 Å². The Morgan fingerprint density at radius 1 is 1.29 bits per heavy atom. The predicted octanol–water partition coefficient (Wildman–Crippen LogP) is 1.83. The summed E-state index contributed by atoms with van der Waals surface area (Å²) in [6.07, 6.45) is 0.815. The van der Waals surface area contributed by atoms with Crippen LogP contribution in [0.4, 0.5) is 0 Å². The first-order valence-electron chi connectivity index (χ1n) is 5.46. The highest BCUT2D eigenvalue weighted by Crippen LogP contribution is 2.13. The summed E-state index contributed by atoms with van der Waals surface area (Å²) in [5, 5.41) is 0. The van der Waals surface area contributed by atoms with Crippen molar-refractivity contribution in [2.24, 2.45) is 0 Å². The van der Waals surface area contributed by atoms with Crippen LogP contribution in [0, 0.1) is 0 Å². The van der Waals surface area contributed by atoms with Gasteiger partial charge in [0.2, 0.25) is 0 Å². The van der Waals surface area contributed by atoms with Gasteiger partial charge in [0.15, 0.2) is 6.79 Å². The van der Waals surface area contributed by atoms with Crippen LogP contribution in [-0.2, 0) is 23.1 Å².